The molecule has 0 bridgehead atoms. The van der Waals surface area contributed by atoms with Crippen molar-refractivity contribution in [1.82, 2.24) is 0 Å². The molecule has 0 aliphatic heterocycles. The number of hydrogen-bond donors (Lipinski definition) is 1. The molecule has 6 heteroatoms. The van der Waals surface area contributed by atoms with Crippen LogP contribution in [0.15, 0.2) is 60.7 Å². The van der Waals surface area contributed by atoms with E-state index in [1.165, 1.54) is 0 Å². The number of halogens is 2. The number of carbonyl (C=O) groups is 1. The van der Waals surface area contributed by atoms with Crippen molar-refractivity contribution in [1.29, 1.82) is 5.26 Å². The number of hydrogen-bond acceptors (Lipinski definition) is 3. The smallest absolute Gasteiger partial charge is 0.335 e. The van der Waals surface area contributed by atoms with Crippen molar-refractivity contribution in [3.63, 3.8) is 0 Å². The molecule has 30 heavy (non-hydrogen) atoms. The zero-order valence-corrected chi connectivity index (χ0v) is 20.3. The van der Waals surface area contributed by atoms with E-state index < -0.39 is 5.97 Å². The number of rotatable bonds is 6. The Hall–Kier alpha value is -2.38. The van der Waals surface area contributed by atoms with Gasteiger partial charge in [-0.3, -0.25) is 0 Å². The number of nitrogens with zero attached hydrogens (tertiary/aromatic N) is 1. The summed E-state index contributed by atoms with van der Waals surface area (Å²) >= 11 is 4.45. The molecule has 3 aromatic rings. The van der Waals surface area contributed by atoms with Crippen molar-refractivity contribution in [3.05, 3.63) is 95.6 Å². The Balaban J connectivity index is 1.80. The standard InChI is InChI=1S/C24H17I2NO3/c1-15-2-6-18(7-3-15)20(13-27)10-17-11-21(25)23(22(26)12-17)30-14-16-4-8-19(9-5-16)24(28)29/h2-12H,14H2,1H3,(H,28,29)/b20-10-. The first-order chi connectivity index (χ1) is 14.4. The summed E-state index contributed by atoms with van der Waals surface area (Å²) in [6.45, 7) is 2.36. The minimum Gasteiger partial charge on any atom is -0.487 e. The van der Waals surface area contributed by atoms with Gasteiger partial charge in [-0.25, -0.2) is 4.79 Å². The Bertz CT molecular complexity index is 1120. The average Bonchev–Trinajstić information content (AvgIpc) is 2.72. The second kappa shape index (κ2) is 10.1. The van der Waals surface area contributed by atoms with E-state index in [4.69, 9.17) is 9.84 Å². The van der Waals surface area contributed by atoms with Crippen LogP contribution < -0.4 is 4.74 Å². The molecule has 0 spiro atoms. The number of carboxylic acids is 1. The Kier molecular flexibility index (Phi) is 7.50. The molecule has 0 saturated heterocycles. The second-order valence-electron chi connectivity index (χ2n) is 6.64. The minimum atomic E-state index is -0.947. The van der Waals surface area contributed by atoms with Crippen LogP contribution >= 0.6 is 45.2 Å². The molecule has 0 atom stereocenters. The molecule has 0 aromatic heterocycles. The van der Waals surface area contributed by atoms with Gasteiger partial charge in [0.15, 0.2) is 0 Å². The highest BCUT2D eigenvalue weighted by molar-refractivity contribution is 14.1. The summed E-state index contributed by atoms with van der Waals surface area (Å²) in [6, 6.07) is 20.8. The van der Waals surface area contributed by atoms with E-state index >= 15 is 0 Å². The topological polar surface area (TPSA) is 70.3 Å². The van der Waals surface area contributed by atoms with Gasteiger partial charge in [-0.2, -0.15) is 5.26 Å². The molecule has 4 nitrogen and oxygen atoms in total. The fourth-order valence-electron chi connectivity index (χ4n) is 2.78. The SMILES string of the molecule is Cc1ccc(/C(C#N)=C\c2cc(I)c(OCc3ccc(C(=O)O)cc3)c(I)c2)cc1. The first-order valence-electron chi connectivity index (χ1n) is 9.00. The maximum atomic E-state index is 11.0. The number of aryl methyl sites for hydroxylation is 1. The predicted octanol–water partition coefficient (Wildman–Crippen LogP) is 6.55. The molecule has 0 aliphatic carbocycles. The molecular formula is C24H17I2NO3. The maximum absolute atomic E-state index is 11.0. The highest BCUT2D eigenvalue weighted by atomic mass is 127. The Morgan fingerprint density at radius 1 is 1.03 bits per heavy atom. The quantitative estimate of drug-likeness (QED) is 0.193. The number of benzene rings is 3. The van der Waals surface area contributed by atoms with Gasteiger partial charge >= 0.3 is 5.97 Å². The van der Waals surface area contributed by atoms with Crippen molar-refractivity contribution >= 4 is 62.8 Å². The van der Waals surface area contributed by atoms with E-state index in [1.807, 2.05) is 49.4 Å². The highest BCUT2D eigenvalue weighted by Gasteiger charge is 2.10. The summed E-state index contributed by atoms with van der Waals surface area (Å²) < 4.78 is 7.87. The van der Waals surface area contributed by atoms with Crippen molar-refractivity contribution in [2.75, 3.05) is 0 Å². The highest BCUT2D eigenvalue weighted by Crippen LogP contribution is 2.31. The van der Waals surface area contributed by atoms with Crippen LogP contribution in [-0.4, -0.2) is 11.1 Å². The molecular weight excluding hydrogens is 604 g/mol. The molecule has 3 aromatic carbocycles. The van der Waals surface area contributed by atoms with Gasteiger partial charge in [-0.05, 0) is 99.1 Å². The number of ether oxygens (including phenoxy) is 1. The number of allylic oxidation sites excluding steroid dienone is 1. The molecule has 0 saturated carbocycles. The van der Waals surface area contributed by atoms with E-state index in [2.05, 4.69) is 51.3 Å². The fraction of sp³-hybridized carbons (Fsp3) is 0.0833. The zero-order chi connectivity index (χ0) is 21.7. The summed E-state index contributed by atoms with van der Waals surface area (Å²) in [5.41, 5.74) is 4.72. The van der Waals surface area contributed by atoms with Crippen LogP contribution in [0.25, 0.3) is 11.6 Å². The number of carboxylic acid groups (broad SMARTS) is 1. The fourth-order valence-corrected chi connectivity index (χ4v) is 4.91. The molecule has 0 unspecified atom stereocenters. The summed E-state index contributed by atoms with van der Waals surface area (Å²) in [5.74, 6) is -0.179. The normalized spacial score (nSPS) is 11.1. The summed E-state index contributed by atoms with van der Waals surface area (Å²) in [7, 11) is 0. The lowest BCUT2D eigenvalue weighted by Crippen LogP contribution is -2.01. The molecule has 150 valence electrons. The zero-order valence-electron chi connectivity index (χ0n) is 16.0. The molecule has 1 N–H and O–H groups in total. The Morgan fingerprint density at radius 2 is 1.60 bits per heavy atom. The van der Waals surface area contributed by atoms with E-state index in [0.717, 1.165) is 35.1 Å². The first-order valence-corrected chi connectivity index (χ1v) is 11.2. The second-order valence-corrected chi connectivity index (χ2v) is 8.96. The third-order valence-corrected chi connectivity index (χ3v) is 6.00. The van der Waals surface area contributed by atoms with Crippen LogP contribution in [0.5, 0.6) is 5.75 Å². The predicted molar refractivity (Wildman–Crippen MR) is 134 cm³/mol. The molecule has 0 amide bonds. The maximum Gasteiger partial charge on any atom is 0.335 e. The Labute approximate surface area is 202 Å². The molecule has 0 fully saturated rings. The average molecular weight is 621 g/mol. The summed E-state index contributed by atoms with van der Waals surface area (Å²) in [6.07, 6.45) is 1.88. The van der Waals surface area contributed by atoms with Gasteiger partial charge < -0.3 is 9.84 Å². The largest absolute Gasteiger partial charge is 0.487 e. The minimum absolute atomic E-state index is 0.251. The van der Waals surface area contributed by atoms with Crippen molar-refractivity contribution in [2.24, 2.45) is 0 Å². The third kappa shape index (κ3) is 5.61. The summed E-state index contributed by atoms with van der Waals surface area (Å²) in [5, 5.41) is 18.6. The summed E-state index contributed by atoms with van der Waals surface area (Å²) in [4.78, 5) is 11.0. The van der Waals surface area contributed by atoms with Gasteiger partial charge in [-0.15, -0.1) is 0 Å². The van der Waals surface area contributed by atoms with Gasteiger partial charge in [0.25, 0.3) is 0 Å². The van der Waals surface area contributed by atoms with Crippen molar-refractivity contribution in [2.45, 2.75) is 13.5 Å². The third-order valence-electron chi connectivity index (χ3n) is 4.40. The monoisotopic (exact) mass is 621 g/mol. The van der Waals surface area contributed by atoms with Gasteiger partial charge in [0, 0.05) is 0 Å². The van der Waals surface area contributed by atoms with E-state index in [0.29, 0.717) is 12.2 Å². The van der Waals surface area contributed by atoms with E-state index in [1.54, 1.807) is 24.3 Å². The molecule has 3 rings (SSSR count). The van der Waals surface area contributed by atoms with Crippen LogP contribution in [0.4, 0.5) is 0 Å². The van der Waals surface area contributed by atoms with Crippen LogP contribution in [0.1, 0.15) is 32.6 Å². The van der Waals surface area contributed by atoms with Crippen LogP contribution in [-0.2, 0) is 6.61 Å². The molecule has 0 heterocycles. The van der Waals surface area contributed by atoms with Gasteiger partial charge in [0.1, 0.15) is 12.4 Å². The van der Waals surface area contributed by atoms with Gasteiger partial charge in [0.05, 0.1) is 24.3 Å². The van der Waals surface area contributed by atoms with Gasteiger partial charge in [-0.1, -0.05) is 42.0 Å². The molecule has 0 radical (unpaired) electrons. The van der Waals surface area contributed by atoms with Gasteiger partial charge in [0.2, 0.25) is 0 Å². The van der Waals surface area contributed by atoms with Crippen molar-refractivity contribution < 1.29 is 14.6 Å². The Morgan fingerprint density at radius 3 is 2.13 bits per heavy atom. The lowest BCUT2D eigenvalue weighted by Gasteiger charge is -2.12. The van der Waals surface area contributed by atoms with E-state index in [9.17, 15) is 10.1 Å². The van der Waals surface area contributed by atoms with Crippen molar-refractivity contribution in [3.8, 4) is 11.8 Å². The van der Waals surface area contributed by atoms with Crippen LogP contribution in [0.3, 0.4) is 0 Å². The van der Waals surface area contributed by atoms with Crippen LogP contribution in [0.2, 0.25) is 0 Å². The van der Waals surface area contributed by atoms with Crippen LogP contribution in [0, 0.1) is 25.4 Å². The first kappa shape index (κ1) is 22.3. The molecule has 0 aliphatic rings. The number of nitriles is 1. The lowest BCUT2D eigenvalue weighted by molar-refractivity contribution is 0.0697. The van der Waals surface area contributed by atoms with E-state index in [-0.39, 0.29) is 5.56 Å². The lowest BCUT2D eigenvalue weighted by atomic mass is 10.0. The number of aromatic carboxylic acids is 1.